The summed E-state index contributed by atoms with van der Waals surface area (Å²) in [4.78, 5) is 16.7. The number of nitrogens with zero attached hydrogens (tertiary/aromatic N) is 1. The minimum atomic E-state index is -0.433. The largest absolute Gasteiger partial charge is 0.370 e. The fraction of sp³-hybridized carbons (Fsp3) is 0. The Morgan fingerprint density at radius 3 is 2.62 bits per heavy atom. The zero-order valence-corrected chi connectivity index (χ0v) is 11.9. The lowest BCUT2D eigenvalue weighted by molar-refractivity contribution is 0.100. The topological polar surface area (TPSA) is 81.5 Å². The van der Waals surface area contributed by atoms with E-state index in [2.05, 4.69) is 11.1 Å². The van der Waals surface area contributed by atoms with E-state index in [9.17, 15) is 4.79 Å². The Balaban J connectivity index is 2.18. The van der Waals surface area contributed by atoms with Crippen LogP contribution < -0.4 is 11.5 Å². The number of carbonyl (C=O) groups is 1. The number of nitrogens with two attached hydrogens (primary N) is 2. The maximum atomic E-state index is 12.0. The van der Waals surface area contributed by atoms with E-state index < -0.39 is 5.91 Å². The number of carbonyl (C=O) groups excluding carboxylic acids is 1. The van der Waals surface area contributed by atoms with E-state index in [0.717, 1.165) is 21.2 Å². The van der Waals surface area contributed by atoms with Gasteiger partial charge in [-0.05, 0) is 39.9 Å². The van der Waals surface area contributed by atoms with Gasteiger partial charge in [-0.1, -0.05) is 30.3 Å². The molecule has 21 heavy (non-hydrogen) atoms. The highest BCUT2D eigenvalue weighted by molar-refractivity contribution is 7.13. The van der Waals surface area contributed by atoms with Crippen molar-refractivity contribution < 1.29 is 4.79 Å². The van der Waals surface area contributed by atoms with Crippen molar-refractivity contribution in [1.82, 2.24) is 0 Å². The van der Waals surface area contributed by atoms with Crippen LogP contribution in [0, 0.1) is 0 Å². The van der Waals surface area contributed by atoms with Crippen LogP contribution in [0.4, 0.5) is 0 Å². The molecule has 0 saturated carbocycles. The maximum absolute atomic E-state index is 12.0. The molecule has 2 aromatic carbocycles. The third-order valence-corrected chi connectivity index (χ3v) is 4.05. The van der Waals surface area contributed by atoms with Crippen molar-refractivity contribution in [1.29, 1.82) is 0 Å². The van der Waals surface area contributed by atoms with Crippen LogP contribution in [0.5, 0.6) is 0 Å². The van der Waals surface area contributed by atoms with E-state index in [0.29, 0.717) is 5.56 Å². The first kappa shape index (κ1) is 13.3. The number of hydrogen-bond acceptors (Lipinski definition) is 2. The van der Waals surface area contributed by atoms with E-state index in [1.54, 1.807) is 17.4 Å². The van der Waals surface area contributed by atoms with E-state index in [-0.39, 0.29) is 5.96 Å². The molecule has 0 radical (unpaired) electrons. The monoisotopic (exact) mass is 295 g/mol. The molecule has 0 atom stereocenters. The normalized spacial score (nSPS) is 10.5. The second kappa shape index (κ2) is 5.38. The smallest absolute Gasteiger partial charge is 0.280 e. The number of thiophene rings is 1. The molecule has 1 amide bonds. The standard InChI is InChI=1S/C16H13N3OS/c17-16(18)19-15(20)11-7-6-10-3-1-4-12(13(10)9-11)14-5-2-8-21-14/h1-9H,(H4,17,18,19,20). The summed E-state index contributed by atoms with van der Waals surface area (Å²) in [5, 5.41) is 4.11. The highest BCUT2D eigenvalue weighted by Crippen LogP contribution is 2.32. The van der Waals surface area contributed by atoms with Gasteiger partial charge in [0.05, 0.1) is 0 Å². The van der Waals surface area contributed by atoms with Crippen LogP contribution >= 0.6 is 11.3 Å². The number of guanidine groups is 1. The van der Waals surface area contributed by atoms with Crippen LogP contribution in [0.1, 0.15) is 10.4 Å². The van der Waals surface area contributed by atoms with Gasteiger partial charge in [0, 0.05) is 10.4 Å². The van der Waals surface area contributed by atoms with Gasteiger partial charge in [-0.25, -0.2) is 0 Å². The summed E-state index contributed by atoms with van der Waals surface area (Å²) in [6.45, 7) is 0. The molecule has 0 fully saturated rings. The molecule has 5 heteroatoms. The molecule has 0 spiro atoms. The van der Waals surface area contributed by atoms with Crippen LogP contribution in [-0.4, -0.2) is 11.9 Å². The first-order chi connectivity index (χ1) is 10.1. The Hall–Kier alpha value is -2.66. The van der Waals surface area contributed by atoms with Gasteiger partial charge in [0.2, 0.25) is 0 Å². The van der Waals surface area contributed by atoms with Crippen molar-refractivity contribution in [2.75, 3.05) is 0 Å². The molecule has 0 unspecified atom stereocenters. The minimum absolute atomic E-state index is 0.230. The van der Waals surface area contributed by atoms with Gasteiger partial charge in [0.1, 0.15) is 0 Å². The number of amides is 1. The number of rotatable bonds is 2. The average molecular weight is 295 g/mol. The molecule has 0 bridgehead atoms. The van der Waals surface area contributed by atoms with Crippen molar-refractivity contribution in [2.24, 2.45) is 16.5 Å². The van der Waals surface area contributed by atoms with Gasteiger partial charge in [-0.15, -0.1) is 11.3 Å². The molecule has 4 nitrogen and oxygen atoms in total. The van der Waals surface area contributed by atoms with Crippen molar-refractivity contribution >= 4 is 34.0 Å². The summed E-state index contributed by atoms with van der Waals surface area (Å²) in [6, 6.07) is 15.6. The Morgan fingerprint density at radius 1 is 1.05 bits per heavy atom. The molecule has 104 valence electrons. The van der Waals surface area contributed by atoms with Crippen LogP contribution in [0.3, 0.4) is 0 Å². The molecule has 3 rings (SSSR count). The summed E-state index contributed by atoms with van der Waals surface area (Å²) in [6.07, 6.45) is 0. The van der Waals surface area contributed by atoms with Gasteiger partial charge in [0.15, 0.2) is 5.96 Å². The van der Waals surface area contributed by atoms with Gasteiger partial charge < -0.3 is 11.5 Å². The van der Waals surface area contributed by atoms with Gasteiger partial charge in [-0.2, -0.15) is 4.99 Å². The summed E-state index contributed by atoms with van der Waals surface area (Å²) in [7, 11) is 0. The predicted octanol–water partition coefficient (Wildman–Crippen LogP) is 2.98. The van der Waals surface area contributed by atoms with Crippen molar-refractivity contribution in [3.05, 3.63) is 59.5 Å². The van der Waals surface area contributed by atoms with E-state index in [1.807, 2.05) is 41.8 Å². The van der Waals surface area contributed by atoms with Crippen LogP contribution in [-0.2, 0) is 0 Å². The molecule has 0 saturated heterocycles. The third-order valence-electron chi connectivity index (χ3n) is 3.15. The molecule has 1 aromatic heterocycles. The Morgan fingerprint density at radius 2 is 1.90 bits per heavy atom. The summed E-state index contributed by atoms with van der Waals surface area (Å²) < 4.78 is 0. The van der Waals surface area contributed by atoms with Crippen molar-refractivity contribution in [2.45, 2.75) is 0 Å². The summed E-state index contributed by atoms with van der Waals surface area (Å²) in [5.74, 6) is -0.662. The van der Waals surface area contributed by atoms with E-state index >= 15 is 0 Å². The highest BCUT2D eigenvalue weighted by atomic mass is 32.1. The average Bonchev–Trinajstić information content (AvgIpc) is 2.99. The Labute approximate surface area is 125 Å². The van der Waals surface area contributed by atoms with Crippen molar-refractivity contribution in [3.63, 3.8) is 0 Å². The first-order valence-electron chi connectivity index (χ1n) is 6.36. The second-order valence-electron chi connectivity index (χ2n) is 4.56. The van der Waals surface area contributed by atoms with Gasteiger partial charge in [0.25, 0.3) is 5.91 Å². The maximum Gasteiger partial charge on any atom is 0.280 e. The Bertz CT molecular complexity index is 834. The minimum Gasteiger partial charge on any atom is -0.370 e. The summed E-state index contributed by atoms with van der Waals surface area (Å²) in [5.41, 5.74) is 12.1. The quantitative estimate of drug-likeness (QED) is 0.563. The highest BCUT2D eigenvalue weighted by Gasteiger charge is 2.09. The lowest BCUT2D eigenvalue weighted by Crippen LogP contribution is -2.24. The number of benzene rings is 2. The fourth-order valence-electron chi connectivity index (χ4n) is 2.23. The molecular formula is C16H13N3OS. The van der Waals surface area contributed by atoms with Crippen LogP contribution in [0.2, 0.25) is 0 Å². The zero-order chi connectivity index (χ0) is 14.8. The number of fused-ring (bicyclic) bond motifs is 1. The molecule has 4 N–H and O–H groups in total. The van der Waals surface area contributed by atoms with Gasteiger partial charge >= 0.3 is 0 Å². The lowest BCUT2D eigenvalue weighted by atomic mass is 10.0. The lowest BCUT2D eigenvalue weighted by Gasteiger charge is -2.06. The Kier molecular flexibility index (Phi) is 3.41. The zero-order valence-electron chi connectivity index (χ0n) is 11.1. The number of aliphatic imine (C=N–C) groups is 1. The van der Waals surface area contributed by atoms with Gasteiger partial charge in [-0.3, -0.25) is 4.79 Å². The van der Waals surface area contributed by atoms with Crippen molar-refractivity contribution in [3.8, 4) is 10.4 Å². The number of hydrogen-bond donors (Lipinski definition) is 2. The van der Waals surface area contributed by atoms with E-state index in [4.69, 9.17) is 11.5 Å². The molecular weight excluding hydrogens is 282 g/mol. The van der Waals surface area contributed by atoms with Crippen LogP contribution in [0.25, 0.3) is 21.2 Å². The van der Waals surface area contributed by atoms with E-state index in [1.165, 1.54) is 0 Å². The first-order valence-corrected chi connectivity index (χ1v) is 7.24. The third kappa shape index (κ3) is 2.64. The molecule has 0 aliphatic rings. The molecule has 0 aliphatic carbocycles. The molecule has 3 aromatic rings. The predicted molar refractivity (Wildman–Crippen MR) is 87.4 cm³/mol. The molecule has 1 heterocycles. The SMILES string of the molecule is NC(N)=NC(=O)c1ccc2cccc(-c3cccs3)c2c1. The molecule has 0 aliphatic heterocycles. The fourth-order valence-corrected chi connectivity index (χ4v) is 3.00. The summed E-state index contributed by atoms with van der Waals surface area (Å²) >= 11 is 1.66. The second-order valence-corrected chi connectivity index (χ2v) is 5.51. The van der Waals surface area contributed by atoms with Crippen LogP contribution in [0.15, 0.2) is 58.9 Å².